The molecule has 1 saturated heterocycles. The number of carbonyl (C=O) groups is 1. The standard InChI is InChI=1S/C24H41N5O2.HI/c1-3-26-24(28-15-9-19-31-20(2)21-10-5-4-6-11-21)27-14-7-8-16-29-17-12-22(13-18-29)23(25)30;/h4-6,10-11,20,22H,3,7-9,12-19H2,1-2H3,(H2,25,30)(H2,26,27,28);1H. The Kier molecular flexibility index (Phi) is 15.3. The summed E-state index contributed by atoms with van der Waals surface area (Å²) in [5.41, 5.74) is 6.61. The largest absolute Gasteiger partial charge is 0.374 e. The van der Waals surface area contributed by atoms with Crippen LogP contribution in [0, 0.1) is 5.92 Å². The van der Waals surface area contributed by atoms with Crippen molar-refractivity contribution in [2.75, 3.05) is 45.9 Å². The summed E-state index contributed by atoms with van der Waals surface area (Å²) in [4.78, 5) is 18.3. The summed E-state index contributed by atoms with van der Waals surface area (Å²) in [6.45, 7) is 10.4. The number of primary amides is 1. The number of benzene rings is 1. The van der Waals surface area contributed by atoms with Crippen molar-refractivity contribution < 1.29 is 9.53 Å². The first kappa shape index (κ1) is 28.6. The molecule has 1 aromatic carbocycles. The normalized spacial score (nSPS) is 16.2. The second-order valence-corrected chi connectivity index (χ2v) is 8.19. The van der Waals surface area contributed by atoms with E-state index in [2.05, 4.69) is 46.5 Å². The molecule has 1 aromatic rings. The Balaban J connectivity index is 0.00000512. The monoisotopic (exact) mass is 559 g/mol. The van der Waals surface area contributed by atoms with Crippen LogP contribution < -0.4 is 16.4 Å². The van der Waals surface area contributed by atoms with Gasteiger partial charge in [-0.3, -0.25) is 9.79 Å². The first-order chi connectivity index (χ1) is 15.1. The predicted octanol–water partition coefficient (Wildman–Crippen LogP) is 3.30. The zero-order valence-corrected chi connectivity index (χ0v) is 22.1. The van der Waals surface area contributed by atoms with Gasteiger partial charge in [-0.1, -0.05) is 30.3 Å². The van der Waals surface area contributed by atoms with E-state index in [1.807, 2.05) is 18.2 Å². The van der Waals surface area contributed by atoms with Gasteiger partial charge in [0.15, 0.2) is 5.96 Å². The predicted molar refractivity (Wildman–Crippen MR) is 142 cm³/mol. The lowest BCUT2D eigenvalue weighted by Crippen LogP contribution is -2.39. The molecule has 8 heteroatoms. The van der Waals surface area contributed by atoms with Crippen molar-refractivity contribution >= 4 is 35.8 Å². The van der Waals surface area contributed by atoms with Crippen molar-refractivity contribution in [2.45, 2.75) is 52.1 Å². The van der Waals surface area contributed by atoms with Crippen molar-refractivity contribution in [2.24, 2.45) is 16.6 Å². The lowest BCUT2D eigenvalue weighted by atomic mass is 9.96. The molecule has 0 spiro atoms. The molecule has 32 heavy (non-hydrogen) atoms. The third-order valence-electron chi connectivity index (χ3n) is 5.74. The van der Waals surface area contributed by atoms with Crippen LogP contribution in [0.1, 0.15) is 57.6 Å². The number of amides is 1. The van der Waals surface area contributed by atoms with Gasteiger partial charge in [0.1, 0.15) is 0 Å². The van der Waals surface area contributed by atoms with Crippen molar-refractivity contribution in [3.05, 3.63) is 35.9 Å². The number of nitrogens with two attached hydrogens (primary N) is 1. The van der Waals surface area contributed by atoms with E-state index in [0.29, 0.717) is 6.61 Å². The maximum Gasteiger partial charge on any atom is 0.220 e. The van der Waals surface area contributed by atoms with Crippen LogP contribution in [0.2, 0.25) is 0 Å². The Morgan fingerprint density at radius 3 is 2.56 bits per heavy atom. The average molecular weight is 560 g/mol. The number of piperidine rings is 1. The Morgan fingerprint density at radius 1 is 1.19 bits per heavy atom. The van der Waals surface area contributed by atoms with Crippen LogP contribution in [-0.4, -0.2) is 62.6 Å². The molecule has 1 fully saturated rings. The molecule has 1 atom stereocenters. The maximum atomic E-state index is 11.2. The fourth-order valence-electron chi connectivity index (χ4n) is 3.79. The number of aliphatic imine (C=N–C) groups is 1. The molecule has 0 radical (unpaired) electrons. The first-order valence-corrected chi connectivity index (χ1v) is 11.8. The van der Waals surface area contributed by atoms with Gasteiger partial charge >= 0.3 is 0 Å². The summed E-state index contributed by atoms with van der Waals surface area (Å²) in [7, 11) is 0. The molecule has 2 rings (SSSR count). The highest BCUT2D eigenvalue weighted by molar-refractivity contribution is 14.0. The van der Waals surface area contributed by atoms with Gasteiger partial charge in [-0.2, -0.15) is 0 Å². The molecule has 1 heterocycles. The van der Waals surface area contributed by atoms with Crippen LogP contribution >= 0.6 is 24.0 Å². The number of halogens is 1. The highest BCUT2D eigenvalue weighted by Crippen LogP contribution is 2.17. The number of nitrogens with one attached hydrogen (secondary N) is 2. The Labute approximate surface area is 211 Å². The number of hydrogen-bond acceptors (Lipinski definition) is 4. The Hall–Kier alpha value is -1.39. The molecule has 0 aromatic heterocycles. The number of ether oxygens (including phenoxy) is 1. The van der Waals surface area contributed by atoms with E-state index < -0.39 is 0 Å². The molecule has 182 valence electrons. The van der Waals surface area contributed by atoms with Crippen molar-refractivity contribution in [3.63, 3.8) is 0 Å². The number of nitrogens with zero attached hydrogens (tertiary/aromatic N) is 2. The average Bonchev–Trinajstić information content (AvgIpc) is 2.79. The third kappa shape index (κ3) is 11.5. The summed E-state index contributed by atoms with van der Waals surface area (Å²) in [6.07, 6.45) is 5.04. The minimum Gasteiger partial charge on any atom is -0.374 e. The van der Waals surface area contributed by atoms with E-state index in [0.717, 1.165) is 77.3 Å². The summed E-state index contributed by atoms with van der Waals surface area (Å²) in [5.74, 6) is 0.806. The van der Waals surface area contributed by atoms with Crippen LogP contribution in [0.25, 0.3) is 0 Å². The van der Waals surface area contributed by atoms with Gasteiger partial charge in [0.05, 0.1) is 6.10 Å². The van der Waals surface area contributed by atoms with Crippen LogP contribution in [0.15, 0.2) is 35.3 Å². The second-order valence-electron chi connectivity index (χ2n) is 8.19. The van der Waals surface area contributed by atoms with Gasteiger partial charge < -0.3 is 26.0 Å². The van der Waals surface area contributed by atoms with Crippen LogP contribution in [0.4, 0.5) is 0 Å². The van der Waals surface area contributed by atoms with Crippen LogP contribution in [-0.2, 0) is 9.53 Å². The van der Waals surface area contributed by atoms with Crippen molar-refractivity contribution in [3.8, 4) is 0 Å². The summed E-state index contributed by atoms with van der Waals surface area (Å²) < 4.78 is 5.92. The lowest BCUT2D eigenvalue weighted by molar-refractivity contribution is -0.123. The number of rotatable bonds is 13. The quantitative estimate of drug-likeness (QED) is 0.149. The van der Waals surface area contributed by atoms with Gasteiger partial charge in [-0.05, 0) is 71.1 Å². The molecule has 1 aliphatic rings. The van der Waals surface area contributed by atoms with Crippen molar-refractivity contribution in [1.29, 1.82) is 0 Å². The fourth-order valence-corrected chi connectivity index (χ4v) is 3.79. The van der Waals surface area contributed by atoms with Crippen LogP contribution in [0.3, 0.4) is 0 Å². The molecule has 1 unspecified atom stereocenters. The number of carbonyl (C=O) groups excluding carboxylic acids is 1. The number of unbranched alkanes of at least 4 members (excludes halogenated alkanes) is 1. The first-order valence-electron chi connectivity index (χ1n) is 11.8. The number of hydrogen-bond donors (Lipinski definition) is 3. The van der Waals surface area contributed by atoms with Crippen molar-refractivity contribution in [1.82, 2.24) is 15.5 Å². The van der Waals surface area contributed by atoms with Gasteiger partial charge in [-0.15, -0.1) is 24.0 Å². The fraction of sp³-hybridized carbons (Fsp3) is 0.667. The highest BCUT2D eigenvalue weighted by atomic mass is 127. The topological polar surface area (TPSA) is 92.0 Å². The number of likely N-dealkylation sites (tertiary alicyclic amines) is 1. The highest BCUT2D eigenvalue weighted by Gasteiger charge is 2.22. The zero-order chi connectivity index (χ0) is 22.3. The SMILES string of the molecule is CCNC(=NCCCOC(C)c1ccccc1)NCCCCN1CCC(C(N)=O)CC1.I. The van der Waals surface area contributed by atoms with E-state index in [9.17, 15) is 4.79 Å². The summed E-state index contributed by atoms with van der Waals surface area (Å²) in [5, 5.41) is 6.73. The summed E-state index contributed by atoms with van der Waals surface area (Å²) in [6, 6.07) is 10.3. The summed E-state index contributed by atoms with van der Waals surface area (Å²) >= 11 is 0. The minimum atomic E-state index is -0.142. The van der Waals surface area contributed by atoms with Gasteiger partial charge in [0, 0.05) is 32.2 Å². The molecule has 1 aliphatic heterocycles. The number of guanidine groups is 1. The lowest BCUT2D eigenvalue weighted by Gasteiger charge is -2.30. The van der Waals surface area contributed by atoms with Gasteiger partial charge in [0.25, 0.3) is 0 Å². The molecule has 0 saturated carbocycles. The van der Waals surface area contributed by atoms with Gasteiger partial charge in [-0.25, -0.2) is 0 Å². The Morgan fingerprint density at radius 2 is 1.91 bits per heavy atom. The van der Waals surface area contributed by atoms with E-state index >= 15 is 0 Å². The molecule has 1 amide bonds. The zero-order valence-electron chi connectivity index (χ0n) is 19.7. The molecule has 0 aliphatic carbocycles. The third-order valence-corrected chi connectivity index (χ3v) is 5.74. The molecule has 0 bridgehead atoms. The maximum absolute atomic E-state index is 11.2. The smallest absolute Gasteiger partial charge is 0.220 e. The van der Waals surface area contributed by atoms with E-state index in [1.54, 1.807) is 0 Å². The van der Waals surface area contributed by atoms with Crippen LogP contribution in [0.5, 0.6) is 0 Å². The van der Waals surface area contributed by atoms with E-state index in [-0.39, 0.29) is 41.9 Å². The molecular formula is C24H42IN5O2. The minimum absolute atomic E-state index is 0. The second kappa shape index (κ2) is 17.1. The molecular weight excluding hydrogens is 517 g/mol. The molecule has 4 N–H and O–H groups in total. The van der Waals surface area contributed by atoms with E-state index in [4.69, 9.17) is 10.5 Å². The Bertz CT molecular complexity index is 651. The van der Waals surface area contributed by atoms with E-state index in [1.165, 1.54) is 5.56 Å². The van der Waals surface area contributed by atoms with Gasteiger partial charge in [0.2, 0.25) is 5.91 Å². The molecule has 7 nitrogen and oxygen atoms in total.